The monoisotopic (exact) mass is 521 g/mol. The summed E-state index contributed by atoms with van der Waals surface area (Å²) in [5, 5.41) is 2.52. The van der Waals surface area contributed by atoms with Gasteiger partial charge in [-0.25, -0.2) is 0 Å². The van der Waals surface area contributed by atoms with Crippen LogP contribution in [-0.4, -0.2) is 14.5 Å². The van der Waals surface area contributed by atoms with E-state index >= 15 is 0 Å². The zero-order valence-corrected chi connectivity index (χ0v) is 22.1. The van der Waals surface area contributed by atoms with Crippen molar-refractivity contribution in [3.63, 3.8) is 0 Å². The molecule has 3 heteroatoms. The van der Waals surface area contributed by atoms with Crippen molar-refractivity contribution in [2.24, 2.45) is 0 Å². The maximum atomic E-state index is 4.85. The van der Waals surface area contributed by atoms with Gasteiger partial charge in [-0.05, 0) is 57.6 Å². The van der Waals surface area contributed by atoms with Crippen molar-refractivity contribution in [2.45, 2.75) is 0 Å². The van der Waals surface area contributed by atoms with E-state index in [1.807, 2.05) is 0 Å². The van der Waals surface area contributed by atoms with E-state index in [2.05, 4.69) is 137 Å². The average molecular weight is 522 g/mol. The minimum Gasteiger partial charge on any atom is -0.309 e. The fourth-order valence-corrected chi connectivity index (χ4v) is 6.82. The molecular formula is C38H23N3. The van der Waals surface area contributed by atoms with Gasteiger partial charge in [0.15, 0.2) is 0 Å². The molecule has 6 aromatic carbocycles. The molecule has 0 saturated heterocycles. The minimum atomic E-state index is 0.901. The van der Waals surface area contributed by atoms with Crippen LogP contribution in [0.5, 0.6) is 0 Å². The van der Waals surface area contributed by atoms with E-state index in [1.54, 1.807) is 12.4 Å². The highest BCUT2D eigenvalue weighted by atomic mass is 15.0. The van der Waals surface area contributed by atoms with Crippen LogP contribution in [0, 0.1) is 0 Å². The summed E-state index contributed by atoms with van der Waals surface area (Å²) >= 11 is 0. The van der Waals surface area contributed by atoms with Gasteiger partial charge in [-0.2, -0.15) is 0 Å². The third-order valence-corrected chi connectivity index (χ3v) is 8.48. The van der Waals surface area contributed by atoms with E-state index in [0.29, 0.717) is 0 Å². The van der Waals surface area contributed by atoms with Crippen LogP contribution in [0.1, 0.15) is 0 Å². The first kappa shape index (κ1) is 22.3. The quantitative estimate of drug-likeness (QED) is 0.215. The summed E-state index contributed by atoms with van der Waals surface area (Å²) in [5.41, 5.74) is 14.9. The SMILES string of the molecule is c1ccc2c(c1)-c1ccc3nccnc3c1-c1ccccc1-c1cccc(-n3c4ccccc4c4ccccc43)c1-2. The zero-order valence-electron chi connectivity index (χ0n) is 22.1. The molecule has 2 heterocycles. The molecule has 0 aliphatic heterocycles. The first-order valence-electron chi connectivity index (χ1n) is 13.9. The number of aromatic nitrogens is 3. The first-order chi connectivity index (χ1) is 20.4. The van der Waals surface area contributed by atoms with E-state index in [4.69, 9.17) is 4.98 Å². The van der Waals surface area contributed by atoms with E-state index in [-0.39, 0.29) is 0 Å². The van der Waals surface area contributed by atoms with E-state index in [9.17, 15) is 0 Å². The van der Waals surface area contributed by atoms with Crippen molar-refractivity contribution >= 4 is 32.8 Å². The molecule has 8 aromatic rings. The molecule has 0 radical (unpaired) electrons. The fraction of sp³-hybridized carbons (Fsp3) is 0. The number of hydrogen-bond acceptors (Lipinski definition) is 2. The number of fused-ring (bicyclic) bond motifs is 13. The van der Waals surface area contributed by atoms with Gasteiger partial charge in [0.25, 0.3) is 0 Å². The van der Waals surface area contributed by atoms with Crippen molar-refractivity contribution in [2.75, 3.05) is 0 Å². The molecule has 190 valence electrons. The van der Waals surface area contributed by atoms with Crippen LogP contribution in [0.15, 0.2) is 140 Å². The van der Waals surface area contributed by atoms with Gasteiger partial charge in [0, 0.05) is 34.3 Å². The third kappa shape index (κ3) is 3.09. The summed E-state index contributed by atoms with van der Waals surface area (Å²) in [6, 6.07) is 46.1. The van der Waals surface area contributed by atoms with Gasteiger partial charge in [-0.3, -0.25) is 9.97 Å². The Labute approximate surface area is 237 Å². The highest BCUT2D eigenvalue weighted by Gasteiger charge is 2.26. The highest BCUT2D eigenvalue weighted by molar-refractivity contribution is 6.13. The lowest BCUT2D eigenvalue weighted by Gasteiger charge is -2.26. The zero-order chi connectivity index (χ0) is 26.9. The van der Waals surface area contributed by atoms with Gasteiger partial charge in [-0.1, -0.05) is 103 Å². The predicted octanol–water partition coefficient (Wildman–Crippen LogP) is 9.71. The fourth-order valence-electron chi connectivity index (χ4n) is 6.82. The third-order valence-electron chi connectivity index (χ3n) is 8.48. The largest absolute Gasteiger partial charge is 0.309 e. The Balaban J connectivity index is 1.49. The number of rotatable bonds is 1. The summed E-state index contributed by atoms with van der Waals surface area (Å²) in [6.07, 6.45) is 3.56. The molecule has 41 heavy (non-hydrogen) atoms. The lowest BCUT2D eigenvalue weighted by Crippen LogP contribution is -2.03. The Bertz CT molecular complexity index is 2270. The Hall–Kier alpha value is -5.54. The Morgan fingerprint density at radius 1 is 0.390 bits per heavy atom. The van der Waals surface area contributed by atoms with Crippen molar-refractivity contribution < 1.29 is 0 Å². The second-order valence-corrected chi connectivity index (χ2v) is 10.6. The molecule has 0 saturated carbocycles. The lowest BCUT2D eigenvalue weighted by molar-refractivity contribution is 1.18. The number of hydrogen-bond donors (Lipinski definition) is 0. The second-order valence-electron chi connectivity index (χ2n) is 10.6. The van der Waals surface area contributed by atoms with Gasteiger partial charge in [0.05, 0.1) is 27.8 Å². The van der Waals surface area contributed by atoms with Gasteiger partial charge >= 0.3 is 0 Å². The van der Waals surface area contributed by atoms with Gasteiger partial charge < -0.3 is 4.57 Å². The first-order valence-corrected chi connectivity index (χ1v) is 13.9. The van der Waals surface area contributed by atoms with Crippen LogP contribution in [0.2, 0.25) is 0 Å². The van der Waals surface area contributed by atoms with Crippen LogP contribution in [0.25, 0.3) is 83.0 Å². The Morgan fingerprint density at radius 2 is 0.927 bits per heavy atom. The Kier molecular flexibility index (Phi) is 4.61. The van der Waals surface area contributed by atoms with Crippen molar-refractivity contribution in [3.8, 4) is 50.2 Å². The number of nitrogens with zero attached hydrogens (tertiary/aromatic N) is 3. The number of benzene rings is 6. The highest BCUT2D eigenvalue weighted by Crippen LogP contribution is 2.51. The molecule has 0 bridgehead atoms. The predicted molar refractivity (Wildman–Crippen MR) is 169 cm³/mol. The van der Waals surface area contributed by atoms with Crippen LogP contribution in [-0.2, 0) is 0 Å². The molecule has 9 rings (SSSR count). The van der Waals surface area contributed by atoms with E-state index in [1.165, 1.54) is 66.4 Å². The minimum absolute atomic E-state index is 0.901. The molecule has 2 aromatic heterocycles. The molecule has 1 aliphatic carbocycles. The molecule has 0 amide bonds. The Morgan fingerprint density at radius 3 is 1.63 bits per heavy atom. The van der Waals surface area contributed by atoms with E-state index < -0.39 is 0 Å². The van der Waals surface area contributed by atoms with Crippen LogP contribution < -0.4 is 0 Å². The van der Waals surface area contributed by atoms with E-state index in [0.717, 1.165) is 16.6 Å². The second kappa shape index (κ2) is 8.48. The normalized spacial score (nSPS) is 11.9. The maximum absolute atomic E-state index is 4.85. The van der Waals surface area contributed by atoms with Crippen LogP contribution >= 0.6 is 0 Å². The van der Waals surface area contributed by atoms with Crippen LogP contribution in [0.4, 0.5) is 0 Å². The smallest absolute Gasteiger partial charge is 0.0971 e. The topological polar surface area (TPSA) is 30.7 Å². The summed E-state index contributed by atoms with van der Waals surface area (Å²) in [6.45, 7) is 0. The lowest BCUT2D eigenvalue weighted by atomic mass is 9.80. The van der Waals surface area contributed by atoms with Gasteiger partial charge in [-0.15, -0.1) is 0 Å². The molecule has 0 N–H and O–H groups in total. The molecule has 3 nitrogen and oxygen atoms in total. The van der Waals surface area contributed by atoms with Crippen molar-refractivity contribution in [3.05, 3.63) is 140 Å². The summed E-state index contributed by atoms with van der Waals surface area (Å²) in [5.74, 6) is 0. The standard InChI is InChI=1S/C38H23N3/c1-3-14-28-25(11-1)31-20-21-32-38(40-23-22-39-32)37(31)30-15-4-2-10-24(30)29-16-9-19-35(36(28)29)41-33-17-7-5-12-26(33)27-13-6-8-18-34(27)41/h1-23H. The molecular weight excluding hydrogens is 498 g/mol. The van der Waals surface area contributed by atoms with Crippen molar-refractivity contribution in [1.29, 1.82) is 0 Å². The molecule has 0 unspecified atom stereocenters. The van der Waals surface area contributed by atoms with Crippen molar-refractivity contribution in [1.82, 2.24) is 14.5 Å². The molecule has 1 aliphatic rings. The molecule has 0 atom stereocenters. The molecule has 0 fully saturated rings. The van der Waals surface area contributed by atoms with Crippen LogP contribution in [0.3, 0.4) is 0 Å². The molecule has 0 spiro atoms. The summed E-state index contributed by atoms with van der Waals surface area (Å²) < 4.78 is 2.44. The number of para-hydroxylation sites is 2. The average Bonchev–Trinajstić information content (AvgIpc) is 3.37. The summed E-state index contributed by atoms with van der Waals surface area (Å²) in [4.78, 5) is 9.51. The van der Waals surface area contributed by atoms with Gasteiger partial charge in [0.2, 0.25) is 0 Å². The summed E-state index contributed by atoms with van der Waals surface area (Å²) in [7, 11) is 0. The maximum Gasteiger partial charge on any atom is 0.0971 e. The van der Waals surface area contributed by atoms with Gasteiger partial charge in [0.1, 0.15) is 0 Å².